The van der Waals surface area contributed by atoms with Crippen molar-refractivity contribution in [1.29, 1.82) is 0 Å². The number of fused-ring (bicyclic) bond motifs is 1. The number of phenolic OH excluding ortho intramolecular Hbond substituents is 1. The van der Waals surface area contributed by atoms with E-state index in [4.69, 9.17) is 0 Å². The maximum Gasteiger partial charge on any atom is 0.272 e. The topological polar surface area (TPSA) is 102 Å². The number of benzene rings is 2. The van der Waals surface area contributed by atoms with E-state index >= 15 is 0 Å². The highest BCUT2D eigenvalue weighted by atomic mass is 16.6. The number of aromatic amines is 1. The van der Waals surface area contributed by atoms with Crippen LogP contribution in [-0.2, 0) is 0 Å². The minimum Gasteiger partial charge on any atom is -0.505 e. The van der Waals surface area contributed by atoms with E-state index in [1.807, 2.05) is 30.3 Å². The number of rotatable bonds is 5. The summed E-state index contributed by atoms with van der Waals surface area (Å²) in [7, 11) is 0. The highest BCUT2D eigenvalue weighted by molar-refractivity contribution is 5.86. The molecule has 0 saturated heterocycles. The third-order valence-corrected chi connectivity index (χ3v) is 4.51. The second kappa shape index (κ2) is 7.32. The van der Waals surface area contributed by atoms with Gasteiger partial charge in [0, 0.05) is 40.9 Å². The fraction of sp³-hybridized carbons (Fsp3) is 0.0476. The Morgan fingerprint density at radius 2 is 1.96 bits per heavy atom. The van der Waals surface area contributed by atoms with E-state index in [-0.39, 0.29) is 11.4 Å². The first-order chi connectivity index (χ1) is 13.6. The van der Waals surface area contributed by atoms with Crippen LogP contribution in [0.4, 0.5) is 11.5 Å². The average molecular weight is 373 g/mol. The standard InChI is InChI=1S/C21H16N4O3/c26-21-17(10-9-14-6-4-12-23-20(14)21)19(24-18-8-1-2-11-22-18)15-5-3-7-16(13-15)25(27)28/h1-13,19,26H,(H,22,24)/p+1/t19-/m0/s1. The Balaban J connectivity index is 1.87. The molecule has 2 heterocycles. The third-order valence-electron chi connectivity index (χ3n) is 4.51. The van der Waals surface area contributed by atoms with Crippen molar-refractivity contribution in [2.75, 3.05) is 5.32 Å². The Morgan fingerprint density at radius 1 is 1.07 bits per heavy atom. The van der Waals surface area contributed by atoms with Gasteiger partial charge in [-0.25, -0.2) is 4.98 Å². The maximum atomic E-state index is 11.2. The smallest absolute Gasteiger partial charge is 0.272 e. The highest BCUT2D eigenvalue weighted by Crippen LogP contribution is 2.36. The van der Waals surface area contributed by atoms with Gasteiger partial charge in [-0.2, -0.15) is 0 Å². The van der Waals surface area contributed by atoms with Crippen molar-refractivity contribution in [2.24, 2.45) is 0 Å². The zero-order valence-electron chi connectivity index (χ0n) is 14.7. The van der Waals surface area contributed by atoms with Gasteiger partial charge in [0.2, 0.25) is 0 Å². The van der Waals surface area contributed by atoms with E-state index in [1.54, 1.807) is 36.7 Å². The number of aromatic hydroxyl groups is 1. The molecule has 0 aliphatic carbocycles. The van der Waals surface area contributed by atoms with Crippen molar-refractivity contribution in [3.8, 4) is 5.75 Å². The molecule has 0 amide bonds. The number of hydrogen-bond donors (Lipinski definition) is 2. The molecule has 0 aliphatic rings. The summed E-state index contributed by atoms with van der Waals surface area (Å²) in [6.45, 7) is 0. The maximum absolute atomic E-state index is 11.2. The van der Waals surface area contributed by atoms with Crippen molar-refractivity contribution < 1.29 is 15.0 Å². The minimum absolute atomic E-state index is 0.0141. The summed E-state index contributed by atoms with van der Waals surface area (Å²) in [5.41, 5.74) is 1.69. The van der Waals surface area contributed by atoms with Crippen molar-refractivity contribution in [3.63, 3.8) is 0 Å². The first-order valence-electron chi connectivity index (χ1n) is 8.67. The second-order valence-corrected chi connectivity index (χ2v) is 6.28. The van der Waals surface area contributed by atoms with Crippen LogP contribution >= 0.6 is 0 Å². The van der Waals surface area contributed by atoms with E-state index in [1.165, 1.54) is 12.1 Å². The van der Waals surface area contributed by atoms with E-state index < -0.39 is 11.0 Å². The first kappa shape index (κ1) is 17.4. The number of nitrogens with zero attached hydrogens (tertiary/aromatic N) is 2. The van der Waals surface area contributed by atoms with E-state index in [0.29, 0.717) is 22.5 Å². The Hall–Kier alpha value is -4.00. The number of phenols is 1. The number of nitro benzene ring substituents is 1. The van der Waals surface area contributed by atoms with Gasteiger partial charge in [-0.15, -0.1) is 0 Å². The average Bonchev–Trinajstić information content (AvgIpc) is 2.74. The first-order valence-corrected chi connectivity index (χ1v) is 8.67. The molecule has 28 heavy (non-hydrogen) atoms. The summed E-state index contributed by atoms with van der Waals surface area (Å²) in [6.07, 6.45) is 3.39. The number of anilines is 1. The molecule has 0 fully saturated rings. The molecule has 7 heteroatoms. The van der Waals surface area contributed by atoms with Gasteiger partial charge in [0.1, 0.15) is 17.3 Å². The summed E-state index contributed by atoms with van der Waals surface area (Å²) in [5.74, 6) is 0.748. The largest absolute Gasteiger partial charge is 0.505 e. The van der Waals surface area contributed by atoms with Gasteiger partial charge >= 0.3 is 0 Å². The lowest BCUT2D eigenvalue weighted by atomic mass is 9.96. The van der Waals surface area contributed by atoms with Gasteiger partial charge in [0.25, 0.3) is 11.5 Å². The normalized spacial score (nSPS) is 11.9. The van der Waals surface area contributed by atoms with Gasteiger partial charge < -0.3 is 5.11 Å². The molecule has 1 atom stereocenters. The van der Waals surface area contributed by atoms with Crippen LogP contribution in [0.5, 0.6) is 5.75 Å². The lowest BCUT2D eigenvalue weighted by Crippen LogP contribution is -2.19. The zero-order chi connectivity index (χ0) is 19.5. The number of pyridine rings is 2. The Bertz CT molecular complexity index is 1150. The predicted molar refractivity (Wildman–Crippen MR) is 105 cm³/mol. The minimum atomic E-state index is -0.523. The molecular formula is C21H17N4O3+. The molecule has 0 saturated carbocycles. The zero-order valence-corrected chi connectivity index (χ0v) is 14.7. The summed E-state index contributed by atoms with van der Waals surface area (Å²) in [4.78, 5) is 18.2. The molecule has 0 bridgehead atoms. The third kappa shape index (κ3) is 3.33. The van der Waals surface area contributed by atoms with E-state index in [0.717, 1.165) is 5.39 Å². The molecule has 0 spiro atoms. The molecule has 3 N–H and O–H groups in total. The molecular weight excluding hydrogens is 356 g/mol. The summed E-state index contributed by atoms with van der Waals surface area (Å²) >= 11 is 0. The summed E-state index contributed by atoms with van der Waals surface area (Å²) in [5, 5.41) is 26.3. The van der Waals surface area contributed by atoms with Crippen LogP contribution in [0.1, 0.15) is 17.2 Å². The van der Waals surface area contributed by atoms with Crippen LogP contribution in [0.25, 0.3) is 10.9 Å². The molecule has 4 aromatic rings. The van der Waals surface area contributed by atoms with Gasteiger partial charge in [-0.3, -0.25) is 20.4 Å². The molecule has 2 aromatic carbocycles. The molecule has 4 rings (SSSR count). The number of hydrogen-bond acceptors (Lipinski definition) is 5. The fourth-order valence-corrected chi connectivity index (χ4v) is 3.18. The van der Waals surface area contributed by atoms with Crippen LogP contribution in [-0.4, -0.2) is 15.0 Å². The Labute approximate surface area is 160 Å². The highest BCUT2D eigenvalue weighted by Gasteiger charge is 2.25. The fourth-order valence-electron chi connectivity index (χ4n) is 3.18. The van der Waals surface area contributed by atoms with Gasteiger partial charge in [0.15, 0.2) is 0 Å². The molecule has 7 nitrogen and oxygen atoms in total. The lowest BCUT2D eigenvalue weighted by molar-refractivity contribution is -0.384. The number of H-pyrrole nitrogens is 1. The summed E-state index contributed by atoms with van der Waals surface area (Å²) < 4.78 is 0. The van der Waals surface area contributed by atoms with Crippen molar-refractivity contribution in [2.45, 2.75) is 6.04 Å². The molecule has 0 aliphatic heterocycles. The van der Waals surface area contributed by atoms with Crippen molar-refractivity contribution >= 4 is 22.4 Å². The van der Waals surface area contributed by atoms with Gasteiger partial charge in [-0.1, -0.05) is 30.3 Å². The van der Waals surface area contributed by atoms with Gasteiger partial charge in [-0.05, 0) is 18.2 Å². The van der Waals surface area contributed by atoms with Crippen molar-refractivity contribution in [3.05, 3.63) is 100 Å². The molecule has 0 unspecified atom stereocenters. The Kier molecular flexibility index (Phi) is 4.55. The quantitative estimate of drug-likeness (QED) is 0.408. The van der Waals surface area contributed by atoms with Gasteiger partial charge in [0.05, 0.1) is 11.1 Å². The van der Waals surface area contributed by atoms with Crippen LogP contribution < -0.4 is 10.3 Å². The molecule has 2 aromatic heterocycles. The number of aromatic nitrogens is 2. The predicted octanol–water partition coefficient (Wildman–Crippen LogP) is 3.86. The van der Waals surface area contributed by atoms with Crippen molar-refractivity contribution in [1.82, 2.24) is 4.98 Å². The summed E-state index contributed by atoms with van der Waals surface area (Å²) in [6, 6.07) is 18.8. The molecule has 0 radical (unpaired) electrons. The van der Waals surface area contributed by atoms with E-state index in [9.17, 15) is 15.2 Å². The second-order valence-electron chi connectivity index (χ2n) is 6.28. The van der Waals surface area contributed by atoms with Crippen LogP contribution in [0.3, 0.4) is 0 Å². The number of nitro groups is 1. The monoisotopic (exact) mass is 373 g/mol. The van der Waals surface area contributed by atoms with E-state index in [2.05, 4.69) is 15.3 Å². The van der Waals surface area contributed by atoms with Crippen LogP contribution in [0.2, 0.25) is 0 Å². The number of non-ortho nitro benzene ring substituents is 1. The SMILES string of the molecule is O=[N+]([O-])c1cccc([C@H](Nc2cccc[nH+]2)c2ccc3cccnc3c2O)c1. The Morgan fingerprint density at radius 3 is 2.75 bits per heavy atom. The lowest BCUT2D eigenvalue weighted by Gasteiger charge is -2.17. The van der Waals surface area contributed by atoms with Crippen LogP contribution in [0.15, 0.2) is 79.1 Å². The molecule has 138 valence electrons. The number of nitrogens with one attached hydrogen (secondary N) is 2. The van der Waals surface area contributed by atoms with Crippen LogP contribution in [0, 0.1) is 10.1 Å².